The largest absolute Gasteiger partial charge is 0.508 e. The molecule has 5 nitrogen and oxygen atoms in total. The molecule has 0 saturated heterocycles. The molecule has 0 aromatic heterocycles. The Balaban J connectivity index is 2.33. The van der Waals surface area contributed by atoms with Crippen molar-refractivity contribution < 1.29 is 24.9 Å². The van der Waals surface area contributed by atoms with Crippen molar-refractivity contribution in [2.75, 3.05) is 0 Å². The SMILES string of the molecule is CCCCCCCc1c(O)cc2c(c1C=O)OC(C)(C)C(O)C2O. The fourth-order valence-corrected chi connectivity index (χ4v) is 3.23. The van der Waals surface area contributed by atoms with Crippen LogP contribution in [0.25, 0.3) is 0 Å². The standard InChI is InChI=1S/C19H28O5/c1-4-5-6-7-8-9-12-14(11-20)17-13(10-15(12)21)16(22)18(23)19(2,3)24-17/h10-11,16,18,21-23H,4-9H2,1-3H3. The molecule has 1 heterocycles. The summed E-state index contributed by atoms with van der Waals surface area (Å²) in [5.74, 6) is 0.245. The summed E-state index contributed by atoms with van der Waals surface area (Å²) in [5.41, 5.74) is 0.0785. The van der Waals surface area contributed by atoms with Crippen molar-refractivity contribution in [1.29, 1.82) is 0 Å². The first-order valence-electron chi connectivity index (χ1n) is 8.72. The summed E-state index contributed by atoms with van der Waals surface area (Å²) in [6.07, 6.45) is 4.30. The third-order valence-electron chi connectivity index (χ3n) is 4.78. The highest BCUT2D eigenvalue weighted by atomic mass is 16.5. The van der Waals surface area contributed by atoms with Gasteiger partial charge in [-0.2, -0.15) is 0 Å². The number of fused-ring (bicyclic) bond motifs is 1. The van der Waals surface area contributed by atoms with E-state index in [1.54, 1.807) is 13.8 Å². The number of benzene rings is 1. The summed E-state index contributed by atoms with van der Waals surface area (Å²) in [5, 5.41) is 30.8. The summed E-state index contributed by atoms with van der Waals surface area (Å²) >= 11 is 0. The minimum absolute atomic E-state index is 0.0269. The number of phenolic OH excluding ortho intramolecular Hbond substituents is 1. The summed E-state index contributed by atoms with van der Waals surface area (Å²) in [6, 6.07) is 1.41. The van der Waals surface area contributed by atoms with Gasteiger partial charge in [0, 0.05) is 11.1 Å². The van der Waals surface area contributed by atoms with Crippen LogP contribution in [-0.2, 0) is 6.42 Å². The Kier molecular flexibility index (Phi) is 5.88. The molecule has 0 bridgehead atoms. The molecule has 0 spiro atoms. The molecule has 1 aromatic carbocycles. The van der Waals surface area contributed by atoms with Crippen LogP contribution < -0.4 is 4.74 Å². The molecule has 3 N–H and O–H groups in total. The van der Waals surface area contributed by atoms with Crippen molar-refractivity contribution in [1.82, 2.24) is 0 Å². The first-order chi connectivity index (χ1) is 11.3. The van der Waals surface area contributed by atoms with Gasteiger partial charge in [0.15, 0.2) is 6.29 Å². The summed E-state index contributed by atoms with van der Waals surface area (Å²) < 4.78 is 5.81. The molecule has 0 fully saturated rings. The van der Waals surface area contributed by atoms with Gasteiger partial charge in [-0.05, 0) is 32.8 Å². The lowest BCUT2D eigenvalue weighted by Crippen LogP contribution is -2.49. The Morgan fingerprint density at radius 1 is 1.21 bits per heavy atom. The number of phenols is 1. The Labute approximate surface area is 143 Å². The number of aldehydes is 1. The van der Waals surface area contributed by atoms with Crippen molar-refractivity contribution in [3.63, 3.8) is 0 Å². The van der Waals surface area contributed by atoms with E-state index in [9.17, 15) is 20.1 Å². The highest BCUT2D eigenvalue weighted by Gasteiger charge is 2.43. The van der Waals surface area contributed by atoms with E-state index in [-0.39, 0.29) is 22.6 Å². The Hall–Kier alpha value is -1.59. The highest BCUT2D eigenvalue weighted by Crippen LogP contribution is 2.45. The second kappa shape index (κ2) is 7.53. The molecular formula is C19H28O5. The number of ether oxygens (including phenoxy) is 1. The summed E-state index contributed by atoms with van der Waals surface area (Å²) in [7, 11) is 0. The third kappa shape index (κ3) is 3.57. The molecule has 0 amide bonds. The van der Waals surface area contributed by atoms with Gasteiger partial charge in [0.25, 0.3) is 0 Å². The van der Waals surface area contributed by atoms with Gasteiger partial charge in [0.2, 0.25) is 0 Å². The monoisotopic (exact) mass is 336 g/mol. The van der Waals surface area contributed by atoms with Crippen molar-refractivity contribution in [3.8, 4) is 11.5 Å². The molecule has 1 aliphatic heterocycles. The number of carbonyl (C=O) groups is 1. The van der Waals surface area contributed by atoms with Gasteiger partial charge in [-0.3, -0.25) is 4.79 Å². The number of aliphatic hydroxyl groups is 2. The lowest BCUT2D eigenvalue weighted by atomic mass is 9.85. The smallest absolute Gasteiger partial charge is 0.154 e. The quantitative estimate of drug-likeness (QED) is 0.525. The number of hydrogen-bond acceptors (Lipinski definition) is 5. The molecule has 1 aromatic rings. The average Bonchev–Trinajstić information content (AvgIpc) is 2.54. The van der Waals surface area contributed by atoms with E-state index >= 15 is 0 Å². The van der Waals surface area contributed by atoms with Gasteiger partial charge in [0.05, 0.1) is 5.56 Å². The zero-order valence-electron chi connectivity index (χ0n) is 14.7. The van der Waals surface area contributed by atoms with Crippen molar-refractivity contribution in [2.45, 2.75) is 77.1 Å². The molecule has 2 rings (SSSR count). The van der Waals surface area contributed by atoms with E-state index in [1.807, 2.05) is 0 Å². The number of aromatic hydroxyl groups is 1. The van der Waals surface area contributed by atoms with Gasteiger partial charge in [-0.1, -0.05) is 32.6 Å². The van der Waals surface area contributed by atoms with Crippen LogP contribution in [0.1, 0.15) is 80.5 Å². The molecule has 0 radical (unpaired) electrons. The Morgan fingerprint density at radius 2 is 1.88 bits per heavy atom. The zero-order chi connectivity index (χ0) is 17.9. The lowest BCUT2D eigenvalue weighted by Gasteiger charge is -2.40. The topological polar surface area (TPSA) is 87.0 Å². The van der Waals surface area contributed by atoms with E-state index in [2.05, 4.69) is 6.92 Å². The van der Waals surface area contributed by atoms with Crippen molar-refractivity contribution in [2.24, 2.45) is 0 Å². The second-order valence-corrected chi connectivity index (χ2v) is 7.08. The summed E-state index contributed by atoms with van der Waals surface area (Å²) in [4.78, 5) is 11.7. The van der Waals surface area contributed by atoms with Crippen LogP contribution in [0.4, 0.5) is 0 Å². The first-order valence-corrected chi connectivity index (χ1v) is 8.72. The molecule has 2 unspecified atom stereocenters. The highest BCUT2D eigenvalue weighted by molar-refractivity contribution is 5.84. The minimum Gasteiger partial charge on any atom is -0.508 e. The first kappa shape index (κ1) is 18.7. The van der Waals surface area contributed by atoms with E-state index in [0.717, 1.165) is 25.7 Å². The molecule has 0 saturated carbocycles. The molecule has 134 valence electrons. The minimum atomic E-state index is -1.20. The van der Waals surface area contributed by atoms with Crippen LogP contribution in [0.15, 0.2) is 6.07 Å². The number of hydrogen-bond donors (Lipinski definition) is 3. The fourth-order valence-electron chi connectivity index (χ4n) is 3.23. The van der Waals surface area contributed by atoms with E-state index in [0.29, 0.717) is 18.3 Å². The van der Waals surface area contributed by atoms with Gasteiger partial charge >= 0.3 is 0 Å². The van der Waals surface area contributed by atoms with Gasteiger partial charge in [-0.15, -0.1) is 0 Å². The Bertz CT molecular complexity index is 594. The van der Waals surface area contributed by atoms with Gasteiger partial charge in [0.1, 0.15) is 29.3 Å². The van der Waals surface area contributed by atoms with Crippen LogP contribution in [0.2, 0.25) is 0 Å². The number of unbranched alkanes of at least 4 members (excludes halogenated alkanes) is 4. The van der Waals surface area contributed by atoms with Crippen LogP contribution >= 0.6 is 0 Å². The number of carbonyl (C=O) groups excluding carboxylic acids is 1. The molecule has 24 heavy (non-hydrogen) atoms. The van der Waals surface area contributed by atoms with Crippen LogP contribution in [0.5, 0.6) is 11.5 Å². The predicted molar refractivity (Wildman–Crippen MR) is 91.6 cm³/mol. The number of aliphatic hydroxyl groups excluding tert-OH is 2. The van der Waals surface area contributed by atoms with Crippen LogP contribution in [-0.4, -0.2) is 33.3 Å². The van der Waals surface area contributed by atoms with Crippen molar-refractivity contribution in [3.05, 3.63) is 22.8 Å². The van der Waals surface area contributed by atoms with Crippen LogP contribution in [0, 0.1) is 0 Å². The summed E-state index contributed by atoms with van der Waals surface area (Å²) in [6.45, 7) is 5.48. The lowest BCUT2D eigenvalue weighted by molar-refractivity contribution is -0.112. The fraction of sp³-hybridized carbons (Fsp3) is 0.632. The average molecular weight is 336 g/mol. The molecule has 1 aliphatic rings. The predicted octanol–water partition coefficient (Wildman–Crippen LogP) is 3.28. The van der Waals surface area contributed by atoms with E-state index in [4.69, 9.17) is 4.74 Å². The maximum absolute atomic E-state index is 11.7. The van der Waals surface area contributed by atoms with E-state index in [1.165, 1.54) is 12.5 Å². The maximum Gasteiger partial charge on any atom is 0.154 e. The second-order valence-electron chi connectivity index (χ2n) is 7.08. The van der Waals surface area contributed by atoms with Gasteiger partial charge in [-0.25, -0.2) is 0 Å². The zero-order valence-corrected chi connectivity index (χ0v) is 14.7. The normalized spacial score (nSPS) is 21.9. The van der Waals surface area contributed by atoms with Crippen LogP contribution in [0.3, 0.4) is 0 Å². The van der Waals surface area contributed by atoms with Gasteiger partial charge < -0.3 is 20.1 Å². The van der Waals surface area contributed by atoms with Crippen molar-refractivity contribution >= 4 is 6.29 Å². The molecule has 2 atom stereocenters. The maximum atomic E-state index is 11.7. The molecule has 0 aliphatic carbocycles. The Morgan fingerprint density at radius 3 is 2.50 bits per heavy atom. The third-order valence-corrected chi connectivity index (χ3v) is 4.78. The molecule has 5 heteroatoms. The van der Waals surface area contributed by atoms with E-state index < -0.39 is 17.8 Å². The number of rotatable bonds is 7. The molecular weight excluding hydrogens is 308 g/mol.